The van der Waals surface area contributed by atoms with Crippen molar-refractivity contribution in [3.63, 3.8) is 0 Å². The molecular weight excluding hydrogens is 198 g/mol. The minimum atomic E-state index is 0.370. The average molecular weight is 227 g/mol. The molecule has 0 heterocycles. The molecule has 0 saturated heterocycles. The third-order valence-electron chi connectivity index (χ3n) is 4.09. The molecule has 0 amide bonds. The second kappa shape index (κ2) is 7.29. The number of nitrogens with one attached hydrogen (secondary N) is 1. The van der Waals surface area contributed by atoms with Crippen LogP contribution in [0.15, 0.2) is 0 Å². The molecule has 0 aromatic carbocycles. The van der Waals surface area contributed by atoms with E-state index in [0.29, 0.717) is 18.6 Å². The third-order valence-corrected chi connectivity index (χ3v) is 4.09. The predicted molar refractivity (Wildman–Crippen MR) is 69.5 cm³/mol. The molecule has 3 unspecified atom stereocenters. The third kappa shape index (κ3) is 4.42. The van der Waals surface area contributed by atoms with E-state index in [1.807, 2.05) is 0 Å². The molecule has 3 atom stereocenters. The fourth-order valence-electron chi connectivity index (χ4n) is 3.04. The molecule has 2 N–H and O–H groups in total. The van der Waals surface area contributed by atoms with Gasteiger partial charge < -0.3 is 10.4 Å². The summed E-state index contributed by atoms with van der Waals surface area (Å²) in [5.74, 6) is 2.08. The number of aliphatic hydroxyl groups excluding tert-OH is 1. The van der Waals surface area contributed by atoms with Gasteiger partial charge in [-0.1, -0.05) is 40.0 Å². The maximum absolute atomic E-state index is 9.53. The smallest absolute Gasteiger partial charge is 0.0462 e. The number of hydrogen-bond donors (Lipinski definition) is 2. The summed E-state index contributed by atoms with van der Waals surface area (Å²) in [6, 6.07) is 0.558. The highest BCUT2D eigenvalue weighted by Crippen LogP contribution is 2.35. The molecule has 0 bridgehead atoms. The summed E-state index contributed by atoms with van der Waals surface area (Å²) in [6.45, 7) is 8.14. The Bertz CT molecular complexity index is 182. The van der Waals surface area contributed by atoms with Crippen LogP contribution in [-0.4, -0.2) is 24.3 Å². The molecule has 1 rings (SSSR count). The van der Waals surface area contributed by atoms with Gasteiger partial charge in [0.05, 0.1) is 0 Å². The molecule has 2 nitrogen and oxygen atoms in total. The molecule has 0 aliphatic heterocycles. The Kier molecular flexibility index (Phi) is 6.37. The molecule has 16 heavy (non-hydrogen) atoms. The Labute approximate surface area is 101 Å². The van der Waals surface area contributed by atoms with Crippen LogP contribution in [0.2, 0.25) is 0 Å². The van der Waals surface area contributed by atoms with E-state index in [1.54, 1.807) is 0 Å². The highest BCUT2D eigenvalue weighted by molar-refractivity contribution is 4.79. The molecule has 0 aromatic heterocycles. The molecule has 96 valence electrons. The number of aliphatic hydroxyl groups is 1. The van der Waals surface area contributed by atoms with E-state index in [4.69, 9.17) is 0 Å². The molecule has 1 fully saturated rings. The van der Waals surface area contributed by atoms with E-state index in [1.165, 1.54) is 25.7 Å². The summed E-state index contributed by atoms with van der Waals surface area (Å²) in [4.78, 5) is 0. The number of hydrogen-bond acceptors (Lipinski definition) is 2. The second-order valence-corrected chi connectivity index (χ2v) is 5.77. The fraction of sp³-hybridized carbons (Fsp3) is 1.00. The normalized spacial score (nSPS) is 28.3. The van der Waals surface area contributed by atoms with Gasteiger partial charge in [-0.15, -0.1) is 0 Å². The fourth-order valence-corrected chi connectivity index (χ4v) is 3.04. The Morgan fingerprint density at radius 1 is 1.25 bits per heavy atom. The van der Waals surface area contributed by atoms with Crippen LogP contribution >= 0.6 is 0 Å². The van der Waals surface area contributed by atoms with Gasteiger partial charge in [0.15, 0.2) is 0 Å². The molecule has 2 heteroatoms. The summed E-state index contributed by atoms with van der Waals surface area (Å²) >= 11 is 0. The molecule has 0 spiro atoms. The van der Waals surface area contributed by atoms with E-state index in [-0.39, 0.29) is 0 Å². The Morgan fingerprint density at radius 2 is 1.94 bits per heavy atom. The van der Waals surface area contributed by atoms with Crippen LogP contribution in [0.4, 0.5) is 0 Å². The van der Waals surface area contributed by atoms with Gasteiger partial charge in [-0.05, 0) is 37.1 Å². The summed E-state index contributed by atoms with van der Waals surface area (Å²) in [7, 11) is 0. The zero-order valence-corrected chi connectivity index (χ0v) is 11.2. The highest BCUT2D eigenvalue weighted by atomic mass is 16.3. The first-order valence-electron chi connectivity index (χ1n) is 6.99. The maximum atomic E-state index is 9.53. The van der Waals surface area contributed by atoms with Gasteiger partial charge in [-0.3, -0.25) is 0 Å². The van der Waals surface area contributed by atoms with Crippen molar-refractivity contribution in [3.8, 4) is 0 Å². The zero-order chi connectivity index (χ0) is 12.0. The lowest BCUT2D eigenvalue weighted by atomic mass is 9.72. The molecule has 1 saturated carbocycles. The van der Waals surface area contributed by atoms with Crippen molar-refractivity contribution in [2.75, 3.05) is 13.2 Å². The minimum Gasteiger partial charge on any atom is -0.396 e. The van der Waals surface area contributed by atoms with Gasteiger partial charge in [0.1, 0.15) is 0 Å². The van der Waals surface area contributed by atoms with E-state index in [2.05, 4.69) is 26.1 Å². The lowest BCUT2D eigenvalue weighted by molar-refractivity contribution is 0.103. The zero-order valence-electron chi connectivity index (χ0n) is 11.2. The van der Waals surface area contributed by atoms with Gasteiger partial charge in [0.2, 0.25) is 0 Å². The predicted octanol–water partition coefficient (Wildman–Crippen LogP) is 2.81. The van der Waals surface area contributed by atoms with Crippen LogP contribution in [0, 0.1) is 17.8 Å². The first-order chi connectivity index (χ1) is 7.65. The van der Waals surface area contributed by atoms with Crippen molar-refractivity contribution in [1.29, 1.82) is 0 Å². The highest BCUT2D eigenvalue weighted by Gasteiger charge is 2.28. The molecule has 0 radical (unpaired) electrons. The van der Waals surface area contributed by atoms with Crippen LogP contribution in [0.3, 0.4) is 0 Å². The van der Waals surface area contributed by atoms with E-state index < -0.39 is 0 Å². The lowest BCUT2D eigenvalue weighted by Crippen LogP contribution is -2.32. The Balaban J connectivity index is 2.33. The standard InChI is InChI=1S/C14H29NO/c1-11(2)15-9-8-13(10-16)14-7-5-4-6-12(14)3/h11-16H,4-10H2,1-3H3. The summed E-state index contributed by atoms with van der Waals surface area (Å²) < 4.78 is 0. The van der Waals surface area contributed by atoms with Gasteiger partial charge in [0.25, 0.3) is 0 Å². The monoisotopic (exact) mass is 227 g/mol. The average Bonchev–Trinajstić information content (AvgIpc) is 2.25. The first kappa shape index (κ1) is 14.0. The van der Waals surface area contributed by atoms with Gasteiger partial charge >= 0.3 is 0 Å². The van der Waals surface area contributed by atoms with Crippen LogP contribution in [0.5, 0.6) is 0 Å². The van der Waals surface area contributed by atoms with Gasteiger partial charge in [0, 0.05) is 12.6 Å². The molecular formula is C14H29NO. The van der Waals surface area contributed by atoms with Crippen molar-refractivity contribution >= 4 is 0 Å². The second-order valence-electron chi connectivity index (χ2n) is 5.77. The molecule has 1 aliphatic carbocycles. The van der Waals surface area contributed by atoms with Crippen LogP contribution in [0.25, 0.3) is 0 Å². The van der Waals surface area contributed by atoms with Crippen molar-refractivity contribution in [2.45, 2.75) is 58.9 Å². The Hall–Kier alpha value is -0.0800. The SMILES string of the molecule is CC(C)NCCC(CO)C1CCCCC1C. The summed E-state index contributed by atoms with van der Waals surface area (Å²) in [5.41, 5.74) is 0. The maximum Gasteiger partial charge on any atom is 0.0462 e. The topological polar surface area (TPSA) is 32.3 Å². The summed E-state index contributed by atoms with van der Waals surface area (Å²) in [5, 5.41) is 13.0. The lowest BCUT2D eigenvalue weighted by Gasteiger charge is -2.34. The van der Waals surface area contributed by atoms with Crippen molar-refractivity contribution in [3.05, 3.63) is 0 Å². The Morgan fingerprint density at radius 3 is 2.50 bits per heavy atom. The molecule has 1 aliphatic rings. The minimum absolute atomic E-state index is 0.370. The quantitative estimate of drug-likeness (QED) is 0.731. The largest absolute Gasteiger partial charge is 0.396 e. The van der Waals surface area contributed by atoms with Crippen molar-refractivity contribution < 1.29 is 5.11 Å². The van der Waals surface area contributed by atoms with Gasteiger partial charge in [-0.25, -0.2) is 0 Å². The molecule has 0 aromatic rings. The van der Waals surface area contributed by atoms with Crippen molar-refractivity contribution in [1.82, 2.24) is 5.32 Å². The summed E-state index contributed by atoms with van der Waals surface area (Å²) in [6.07, 6.45) is 6.57. The van der Waals surface area contributed by atoms with Gasteiger partial charge in [-0.2, -0.15) is 0 Å². The van der Waals surface area contributed by atoms with Crippen LogP contribution in [0.1, 0.15) is 52.9 Å². The number of rotatable bonds is 6. The van der Waals surface area contributed by atoms with Crippen LogP contribution in [-0.2, 0) is 0 Å². The van der Waals surface area contributed by atoms with Crippen molar-refractivity contribution in [2.24, 2.45) is 17.8 Å². The van der Waals surface area contributed by atoms with E-state index >= 15 is 0 Å². The van der Waals surface area contributed by atoms with E-state index in [0.717, 1.165) is 24.8 Å². The first-order valence-corrected chi connectivity index (χ1v) is 6.99. The van der Waals surface area contributed by atoms with E-state index in [9.17, 15) is 5.11 Å². The van der Waals surface area contributed by atoms with Crippen LogP contribution < -0.4 is 5.32 Å².